The molecular weight excluding hydrogens is 406 g/mol. The van der Waals surface area contributed by atoms with E-state index in [1.807, 2.05) is 0 Å². The summed E-state index contributed by atoms with van der Waals surface area (Å²) in [5, 5.41) is 2.14. The number of halogens is 2. The maximum absolute atomic E-state index is 12.5. The third kappa shape index (κ3) is 5.02. The Balaban J connectivity index is 1.58. The zero-order valence-corrected chi connectivity index (χ0v) is 16.0. The van der Waals surface area contributed by atoms with E-state index in [2.05, 4.69) is 10.1 Å². The predicted octanol–water partition coefficient (Wildman–Crippen LogP) is 3.66. The normalized spacial score (nSPS) is 15.4. The van der Waals surface area contributed by atoms with Crippen LogP contribution in [0.5, 0.6) is 5.75 Å². The van der Waals surface area contributed by atoms with Gasteiger partial charge in [0.2, 0.25) is 0 Å². The fraction of sp³-hybridized carbons (Fsp3) is 0.211. The molecule has 1 fully saturated rings. The molecule has 0 radical (unpaired) electrons. The number of benzene rings is 1. The number of carbonyl (C=O) groups excluding carboxylic acids is 3. The average Bonchev–Trinajstić information content (AvgIpc) is 3.21. The molecule has 29 heavy (non-hydrogen) atoms. The molecule has 3 amide bonds. The van der Waals surface area contributed by atoms with Crippen molar-refractivity contribution in [2.24, 2.45) is 0 Å². The van der Waals surface area contributed by atoms with Crippen LogP contribution in [-0.2, 0) is 4.79 Å². The second-order valence-corrected chi connectivity index (χ2v) is 6.96. The van der Waals surface area contributed by atoms with E-state index in [9.17, 15) is 23.2 Å². The molecule has 1 N–H and O–H groups in total. The molecule has 10 heteroatoms. The highest BCUT2D eigenvalue weighted by atomic mass is 32.2. The van der Waals surface area contributed by atoms with Gasteiger partial charge >= 0.3 is 6.61 Å². The predicted molar refractivity (Wildman–Crippen MR) is 102 cm³/mol. The summed E-state index contributed by atoms with van der Waals surface area (Å²) in [7, 11) is 0. The topological polar surface area (TPSA) is 88.8 Å². The number of imide groups is 1. The van der Waals surface area contributed by atoms with E-state index in [4.69, 9.17) is 4.42 Å². The molecule has 0 aliphatic carbocycles. The van der Waals surface area contributed by atoms with Gasteiger partial charge < -0.3 is 14.5 Å². The van der Waals surface area contributed by atoms with Gasteiger partial charge in [0.05, 0.1) is 11.2 Å². The first-order valence-corrected chi connectivity index (χ1v) is 9.29. The smallest absolute Gasteiger partial charge is 0.387 e. The molecule has 0 spiro atoms. The molecule has 0 unspecified atom stereocenters. The van der Waals surface area contributed by atoms with Crippen LogP contribution < -0.4 is 10.1 Å². The summed E-state index contributed by atoms with van der Waals surface area (Å²) < 4.78 is 33.7. The summed E-state index contributed by atoms with van der Waals surface area (Å²) in [6.07, 6.45) is 2.89. The van der Waals surface area contributed by atoms with Crippen molar-refractivity contribution in [3.8, 4) is 5.75 Å². The van der Waals surface area contributed by atoms with E-state index in [-0.39, 0.29) is 29.5 Å². The molecule has 2 aromatic rings. The molecule has 0 atom stereocenters. The quantitative estimate of drug-likeness (QED) is 0.685. The lowest BCUT2D eigenvalue weighted by molar-refractivity contribution is -0.122. The highest BCUT2D eigenvalue weighted by molar-refractivity contribution is 8.18. The Morgan fingerprint density at radius 3 is 2.62 bits per heavy atom. The standard InChI is InChI=1S/C19H16F2N2O5S/c1-11-6-9-27-15(11)16(24)22-7-8-23-17(25)14(29-19(23)26)10-12-2-4-13(5-3-12)28-18(20)21/h2-6,9-10,18H,7-8H2,1H3,(H,22,24)/b14-10+. The van der Waals surface area contributed by atoms with Crippen LogP contribution in [0, 0.1) is 6.92 Å². The molecule has 0 saturated carbocycles. The van der Waals surface area contributed by atoms with Crippen molar-refractivity contribution in [3.05, 3.63) is 58.4 Å². The molecule has 1 aliphatic heterocycles. The van der Waals surface area contributed by atoms with Crippen molar-refractivity contribution < 1.29 is 32.3 Å². The zero-order valence-electron chi connectivity index (χ0n) is 15.2. The highest BCUT2D eigenvalue weighted by Crippen LogP contribution is 2.32. The number of carbonyl (C=O) groups is 3. The van der Waals surface area contributed by atoms with Crippen LogP contribution in [0.2, 0.25) is 0 Å². The molecule has 1 saturated heterocycles. The molecule has 3 rings (SSSR count). The molecule has 1 aromatic heterocycles. The van der Waals surface area contributed by atoms with E-state index >= 15 is 0 Å². The second kappa shape index (κ2) is 8.91. The van der Waals surface area contributed by atoms with Crippen molar-refractivity contribution in [3.63, 3.8) is 0 Å². The minimum atomic E-state index is -2.92. The van der Waals surface area contributed by atoms with Crippen molar-refractivity contribution >= 4 is 34.9 Å². The minimum Gasteiger partial charge on any atom is -0.459 e. The Hall–Kier alpha value is -3.14. The molecule has 1 aliphatic rings. The molecule has 2 heterocycles. The maximum Gasteiger partial charge on any atom is 0.387 e. The van der Waals surface area contributed by atoms with Gasteiger partial charge in [-0.05, 0) is 48.5 Å². The number of thioether (sulfide) groups is 1. The number of nitrogens with zero attached hydrogens (tertiary/aromatic N) is 1. The number of ether oxygens (including phenoxy) is 1. The van der Waals surface area contributed by atoms with Gasteiger partial charge in [-0.15, -0.1) is 0 Å². The monoisotopic (exact) mass is 422 g/mol. The van der Waals surface area contributed by atoms with Gasteiger partial charge in [0.25, 0.3) is 17.1 Å². The van der Waals surface area contributed by atoms with Crippen LogP contribution >= 0.6 is 11.8 Å². The number of amides is 3. The average molecular weight is 422 g/mol. The van der Waals surface area contributed by atoms with Gasteiger partial charge in [0.15, 0.2) is 5.76 Å². The number of alkyl halides is 2. The number of furan rings is 1. The summed E-state index contributed by atoms with van der Waals surface area (Å²) in [5.41, 5.74) is 1.24. The van der Waals surface area contributed by atoms with Crippen molar-refractivity contribution in [2.75, 3.05) is 13.1 Å². The largest absolute Gasteiger partial charge is 0.459 e. The van der Waals surface area contributed by atoms with Crippen LogP contribution in [0.4, 0.5) is 13.6 Å². The Morgan fingerprint density at radius 2 is 2.00 bits per heavy atom. The number of aryl methyl sites for hydroxylation is 1. The van der Waals surface area contributed by atoms with E-state index < -0.39 is 23.7 Å². The number of hydrogen-bond acceptors (Lipinski definition) is 6. The Labute approximate surface area is 168 Å². The lowest BCUT2D eigenvalue weighted by atomic mass is 10.2. The Morgan fingerprint density at radius 1 is 1.28 bits per heavy atom. The van der Waals surface area contributed by atoms with Crippen LogP contribution in [-0.4, -0.2) is 41.7 Å². The lowest BCUT2D eigenvalue weighted by Crippen LogP contribution is -2.37. The number of hydrogen-bond donors (Lipinski definition) is 1. The number of nitrogens with one attached hydrogen (secondary N) is 1. The molecule has 1 aromatic carbocycles. The van der Waals surface area contributed by atoms with Gasteiger partial charge in [0.1, 0.15) is 5.75 Å². The van der Waals surface area contributed by atoms with Crippen LogP contribution in [0.15, 0.2) is 45.9 Å². The van der Waals surface area contributed by atoms with Gasteiger partial charge in [-0.2, -0.15) is 8.78 Å². The molecular formula is C19H16F2N2O5S. The minimum absolute atomic E-state index is 0.00668. The summed E-state index contributed by atoms with van der Waals surface area (Å²) in [6.45, 7) is -1.11. The van der Waals surface area contributed by atoms with Crippen LogP contribution in [0.1, 0.15) is 21.7 Å². The number of rotatable bonds is 7. The van der Waals surface area contributed by atoms with E-state index in [0.29, 0.717) is 11.1 Å². The van der Waals surface area contributed by atoms with E-state index in [1.165, 1.54) is 36.6 Å². The van der Waals surface area contributed by atoms with Gasteiger partial charge in [-0.3, -0.25) is 19.3 Å². The van der Waals surface area contributed by atoms with Crippen molar-refractivity contribution in [1.29, 1.82) is 0 Å². The fourth-order valence-electron chi connectivity index (χ4n) is 2.56. The van der Waals surface area contributed by atoms with Gasteiger partial charge in [-0.1, -0.05) is 12.1 Å². The SMILES string of the molecule is Cc1ccoc1C(=O)NCCN1C(=O)S/C(=C/c2ccc(OC(F)F)cc2)C1=O. The summed E-state index contributed by atoms with van der Waals surface area (Å²) in [6, 6.07) is 7.33. The van der Waals surface area contributed by atoms with Crippen LogP contribution in [0.25, 0.3) is 6.08 Å². The van der Waals surface area contributed by atoms with Crippen LogP contribution in [0.3, 0.4) is 0 Å². The maximum atomic E-state index is 12.5. The Kier molecular flexibility index (Phi) is 6.32. The fourth-order valence-corrected chi connectivity index (χ4v) is 3.42. The lowest BCUT2D eigenvalue weighted by Gasteiger charge is -2.12. The van der Waals surface area contributed by atoms with E-state index in [1.54, 1.807) is 13.0 Å². The Bertz CT molecular complexity index is 956. The van der Waals surface area contributed by atoms with Gasteiger partial charge in [0, 0.05) is 18.7 Å². The zero-order chi connectivity index (χ0) is 21.0. The molecule has 152 valence electrons. The second-order valence-electron chi connectivity index (χ2n) is 5.97. The van der Waals surface area contributed by atoms with Gasteiger partial charge in [-0.25, -0.2) is 0 Å². The first-order chi connectivity index (χ1) is 13.8. The van der Waals surface area contributed by atoms with E-state index in [0.717, 1.165) is 16.7 Å². The van der Waals surface area contributed by atoms with Crippen molar-refractivity contribution in [2.45, 2.75) is 13.5 Å². The third-order valence-electron chi connectivity index (χ3n) is 3.97. The summed E-state index contributed by atoms with van der Waals surface area (Å²) >= 11 is 0.767. The highest BCUT2D eigenvalue weighted by Gasteiger charge is 2.34. The summed E-state index contributed by atoms with van der Waals surface area (Å²) in [5.74, 6) is -0.747. The molecule has 0 bridgehead atoms. The first-order valence-electron chi connectivity index (χ1n) is 8.47. The summed E-state index contributed by atoms with van der Waals surface area (Å²) in [4.78, 5) is 37.8. The first kappa shape index (κ1) is 20.6. The van der Waals surface area contributed by atoms with Crippen molar-refractivity contribution in [1.82, 2.24) is 10.2 Å². The third-order valence-corrected chi connectivity index (χ3v) is 4.87. The molecule has 7 nitrogen and oxygen atoms in total.